The molecule has 0 aliphatic carbocycles. The normalized spacial score (nSPS) is 21.1. The Balaban J connectivity index is 1.36. The van der Waals surface area contributed by atoms with Gasteiger partial charge in [-0.05, 0) is 69.4 Å². The SMILES string of the molecule is Cc1nc(C(=O)N2CCOC[C@@H](Cc3cccc4cnccc34)C2)cc(C2(C)CCN(C)CC2)n1. The number of carbonyl (C=O) groups excluding carboxylic acids is 1. The van der Waals surface area contributed by atoms with Gasteiger partial charge in [0.2, 0.25) is 0 Å². The van der Waals surface area contributed by atoms with Crippen molar-refractivity contribution in [3.05, 3.63) is 65.5 Å². The van der Waals surface area contributed by atoms with Gasteiger partial charge in [-0.2, -0.15) is 0 Å². The first kappa shape index (κ1) is 23.8. The molecular formula is C28H35N5O2. The van der Waals surface area contributed by atoms with Crippen molar-refractivity contribution in [3.63, 3.8) is 0 Å². The maximum absolute atomic E-state index is 13.7. The van der Waals surface area contributed by atoms with Crippen LogP contribution in [-0.4, -0.2) is 77.1 Å². The molecule has 1 aromatic carbocycles. The first-order valence-corrected chi connectivity index (χ1v) is 12.6. The van der Waals surface area contributed by atoms with Gasteiger partial charge in [-0.1, -0.05) is 25.1 Å². The van der Waals surface area contributed by atoms with Crippen LogP contribution in [-0.2, 0) is 16.6 Å². The summed E-state index contributed by atoms with van der Waals surface area (Å²) in [6, 6.07) is 10.3. The molecule has 2 aliphatic heterocycles. The molecule has 2 aliphatic rings. The molecule has 2 fully saturated rings. The number of aryl methyl sites for hydroxylation is 1. The van der Waals surface area contributed by atoms with Crippen molar-refractivity contribution >= 4 is 16.7 Å². The standard InChI is InChI=1S/C28H35N5O2/c1-20-30-25(16-26(31-20)28(2)8-11-32(3)12-9-28)27(34)33-13-14-35-19-21(18-33)15-22-5-4-6-23-17-29-10-7-24(22)23/h4-7,10,16-17,21H,8-9,11-15,18-19H2,1-3H3/t21-/m0/s1. The molecule has 1 atom stereocenters. The topological polar surface area (TPSA) is 71.5 Å². The lowest BCUT2D eigenvalue weighted by atomic mass is 9.77. The lowest BCUT2D eigenvalue weighted by Crippen LogP contribution is -2.40. The van der Waals surface area contributed by atoms with Crippen molar-refractivity contribution in [2.75, 3.05) is 46.4 Å². The average molecular weight is 474 g/mol. The first-order chi connectivity index (χ1) is 16.9. The quantitative estimate of drug-likeness (QED) is 0.576. The molecule has 0 saturated carbocycles. The summed E-state index contributed by atoms with van der Waals surface area (Å²) < 4.78 is 5.93. The van der Waals surface area contributed by atoms with Gasteiger partial charge in [0.15, 0.2) is 0 Å². The number of fused-ring (bicyclic) bond motifs is 1. The van der Waals surface area contributed by atoms with Crippen molar-refractivity contribution in [1.82, 2.24) is 24.8 Å². The Bertz CT molecular complexity index is 1200. The fraction of sp³-hybridized carbons (Fsp3) is 0.500. The number of likely N-dealkylation sites (tertiary alicyclic amines) is 1. The summed E-state index contributed by atoms with van der Waals surface area (Å²) in [5, 5.41) is 2.35. The molecule has 2 saturated heterocycles. The van der Waals surface area contributed by atoms with Crippen LogP contribution < -0.4 is 0 Å². The van der Waals surface area contributed by atoms with Gasteiger partial charge in [-0.15, -0.1) is 0 Å². The van der Waals surface area contributed by atoms with E-state index in [0.29, 0.717) is 37.8 Å². The Morgan fingerprint density at radius 3 is 2.83 bits per heavy atom. The van der Waals surface area contributed by atoms with Crippen molar-refractivity contribution in [1.29, 1.82) is 0 Å². The van der Waals surface area contributed by atoms with Crippen LogP contribution in [0.25, 0.3) is 10.8 Å². The minimum atomic E-state index is -0.0249. The summed E-state index contributed by atoms with van der Waals surface area (Å²) in [7, 11) is 2.16. The second kappa shape index (κ2) is 9.99. The number of ether oxygens (including phenoxy) is 1. The van der Waals surface area contributed by atoms with E-state index in [0.717, 1.165) is 43.4 Å². The van der Waals surface area contributed by atoms with E-state index in [1.165, 1.54) is 10.9 Å². The number of piperidine rings is 1. The molecule has 0 unspecified atom stereocenters. The van der Waals surface area contributed by atoms with Crippen LogP contribution in [0.2, 0.25) is 0 Å². The molecule has 3 aromatic rings. The third kappa shape index (κ3) is 5.21. The van der Waals surface area contributed by atoms with Crippen molar-refractivity contribution in [3.8, 4) is 0 Å². The molecule has 0 bridgehead atoms. The number of aromatic nitrogens is 3. The number of hydrogen-bond donors (Lipinski definition) is 0. The van der Waals surface area contributed by atoms with Crippen LogP contribution in [0.3, 0.4) is 0 Å². The average Bonchev–Trinajstić information content (AvgIpc) is 3.11. The predicted octanol–water partition coefficient (Wildman–Crippen LogP) is 3.65. The van der Waals surface area contributed by atoms with Crippen molar-refractivity contribution < 1.29 is 9.53 Å². The van der Waals surface area contributed by atoms with Crippen LogP contribution in [0.1, 0.15) is 47.3 Å². The first-order valence-electron chi connectivity index (χ1n) is 12.6. The van der Waals surface area contributed by atoms with Gasteiger partial charge in [0.05, 0.1) is 18.9 Å². The number of carbonyl (C=O) groups is 1. The van der Waals surface area contributed by atoms with Gasteiger partial charge in [-0.3, -0.25) is 9.78 Å². The van der Waals surface area contributed by atoms with E-state index in [1.54, 1.807) is 0 Å². The molecule has 1 amide bonds. The molecule has 4 heterocycles. The van der Waals surface area contributed by atoms with Crippen molar-refractivity contribution in [2.45, 2.75) is 38.5 Å². The lowest BCUT2D eigenvalue weighted by Gasteiger charge is -2.37. The molecule has 2 aromatic heterocycles. The van der Waals surface area contributed by atoms with Crippen molar-refractivity contribution in [2.24, 2.45) is 5.92 Å². The van der Waals surface area contributed by atoms with Gasteiger partial charge in [0.25, 0.3) is 5.91 Å². The summed E-state index contributed by atoms with van der Waals surface area (Å²) >= 11 is 0. The summed E-state index contributed by atoms with van der Waals surface area (Å²) in [5.41, 5.74) is 2.74. The minimum Gasteiger partial charge on any atom is -0.379 e. The monoisotopic (exact) mass is 473 g/mol. The third-order valence-electron chi connectivity index (χ3n) is 7.67. The Kier molecular flexibility index (Phi) is 6.80. The van der Waals surface area contributed by atoms with Crippen LogP contribution in [0.5, 0.6) is 0 Å². The maximum atomic E-state index is 13.7. The summed E-state index contributed by atoms with van der Waals surface area (Å²) in [6.45, 7) is 8.66. The zero-order valence-electron chi connectivity index (χ0n) is 21.0. The van der Waals surface area contributed by atoms with E-state index in [4.69, 9.17) is 9.72 Å². The molecule has 0 N–H and O–H groups in total. The highest BCUT2D eigenvalue weighted by atomic mass is 16.5. The Morgan fingerprint density at radius 2 is 2.00 bits per heavy atom. The maximum Gasteiger partial charge on any atom is 0.272 e. The minimum absolute atomic E-state index is 0.0223. The van der Waals surface area contributed by atoms with E-state index >= 15 is 0 Å². The largest absolute Gasteiger partial charge is 0.379 e. The third-order valence-corrected chi connectivity index (χ3v) is 7.67. The molecular weight excluding hydrogens is 438 g/mol. The summed E-state index contributed by atoms with van der Waals surface area (Å²) in [6.07, 6.45) is 6.66. The van der Waals surface area contributed by atoms with E-state index in [9.17, 15) is 4.79 Å². The molecule has 0 spiro atoms. The molecule has 184 valence electrons. The summed E-state index contributed by atoms with van der Waals surface area (Å²) in [5.74, 6) is 0.859. The second-order valence-electron chi connectivity index (χ2n) is 10.5. The molecule has 7 nitrogen and oxygen atoms in total. The van der Waals surface area contributed by atoms with E-state index < -0.39 is 0 Å². The predicted molar refractivity (Wildman–Crippen MR) is 137 cm³/mol. The van der Waals surface area contributed by atoms with Crippen LogP contribution in [0.4, 0.5) is 0 Å². The fourth-order valence-corrected chi connectivity index (χ4v) is 5.38. The van der Waals surface area contributed by atoms with E-state index in [1.807, 2.05) is 30.3 Å². The number of rotatable bonds is 4. The Labute approximate surface area is 207 Å². The Hall–Kier alpha value is -2.90. The van der Waals surface area contributed by atoms with Gasteiger partial charge < -0.3 is 14.5 Å². The Morgan fingerprint density at radius 1 is 1.17 bits per heavy atom. The molecule has 5 rings (SSSR count). The smallest absolute Gasteiger partial charge is 0.272 e. The van der Waals surface area contributed by atoms with Crippen LogP contribution >= 0.6 is 0 Å². The van der Waals surface area contributed by atoms with Gasteiger partial charge in [0.1, 0.15) is 11.5 Å². The molecule has 0 radical (unpaired) electrons. The van der Waals surface area contributed by atoms with E-state index in [-0.39, 0.29) is 17.2 Å². The zero-order valence-corrected chi connectivity index (χ0v) is 21.0. The highest BCUT2D eigenvalue weighted by molar-refractivity contribution is 5.92. The van der Waals surface area contributed by atoms with Gasteiger partial charge in [0, 0.05) is 42.2 Å². The number of nitrogens with zero attached hydrogens (tertiary/aromatic N) is 5. The van der Waals surface area contributed by atoms with Crippen LogP contribution in [0.15, 0.2) is 42.7 Å². The molecule has 35 heavy (non-hydrogen) atoms. The number of pyridine rings is 1. The number of amides is 1. The number of benzene rings is 1. The zero-order chi connectivity index (χ0) is 24.4. The fourth-order valence-electron chi connectivity index (χ4n) is 5.38. The summed E-state index contributed by atoms with van der Waals surface area (Å²) in [4.78, 5) is 31.5. The second-order valence-corrected chi connectivity index (χ2v) is 10.5. The van der Waals surface area contributed by atoms with E-state index in [2.05, 4.69) is 53.1 Å². The van der Waals surface area contributed by atoms with Gasteiger partial charge >= 0.3 is 0 Å². The molecule has 7 heteroatoms. The van der Waals surface area contributed by atoms with Crippen LogP contribution in [0, 0.1) is 12.8 Å². The number of hydrogen-bond acceptors (Lipinski definition) is 6. The highest BCUT2D eigenvalue weighted by Crippen LogP contribution is 2.34. The highest BCUT2D eigenvalue weighted by Gasteiger charge is 2.34. The van der Waals surface area contributed by atoms with Gasteiger partial charge in [-0.25, -0.2) is 9.97 Å². The lowest BCUT2D eigenvalue weighted by molar-refractivity contribution is 0.0730.